The minimum atomic E-state index is -0.0538. The summed E-state index contributed by atoms with van der Waals surface area (Å²) in [5, 5.41) is 0.963. The lowest BCUT2D eigenvalue weighted by atomic mass is 10.1. The van der Waals surface area contributed by atoms with Gasteiger partial charge in [0.2, 0.25) is 0 Å². The van der Waals surface area contributed by atoms with Crippen LogP contribution in [-0.4, -0.2) is 17.1 Å². The van der Waals surface area contributed by atoms with Crippen LogP contribution >= 0.6 is 11.3 Å². The van der Waals surface area contributed by atoms with Crippen molar-refractivity contribution in [1.82, 2.24) is 9.97 Å². The van der Waals surface area contributed by atoms with Gasteiger partial charge in [0, 0.05) is 41.0 Å². The Morgan fingerprint density at radius 1 is 1.40 bits per heavy atom. The second-order valence-corrected chi connectivity index (χ2v) is 5.67. The summed E-state index contributed by atoms with van der Waals surface area (Å²) in [4.78, 5) is 20.0. The summed E-state index contributed by atoms with van der Waals surface area (Å²) in [6, 6.07) is 6.04. The summed E-state index contributed by atoms with van der Waals surface area (Å²) in [5.74, 6) is 0. The fourth-order valence-electron chi connectivity index (χ4n) is 2.21. The van der Waals surface area contributed by atoms with Crippen LogP contribution in [-0.2, 0) is 11.3 Å². The second-order valence-electron chi connectivity index (χ2n) is 4.62. The highest BCUT2D eigenvalue weighted by Gasteiger charge is 2.11. The number of ether oxygens (including phenoxy) is 1. The van der Waals surface area contributed by atoms with E-state index in [1.807, 2.05) is 19.1 Å². The van der Waals surface area contributed by atoms with Gasteiger partial charge in [-0.15, -0.1) is 11.3 Å². The predicted octanol–water partition coefficient (Wildman–Crippen LogP) is 3.11. The molecule has 0 radical (unpaired) electrons. The molecule has 0 bridgehead atoms. The van der Waals surface area contributed by atoms with E-state index in [1.54, 1.807) is 19.5 Å². The molecule has 0 aliphatic carbocycles. The standard InChI is InChI=1S/C15H14N2O2S/c1-9-5-10(3-4-16-9)13-6-12-11(8-19-2)7-17-15(18)14(12)20-13/h3-7H,8H2,1-2H3,(H,17,18). The molecule has 0 aromatic carbocycles. The molecule has 0 aliphatic rings. The predicted molar refractivity (Wildman–Crippen MR) is 81.1 cm³/mol. The number of hydrogen-bond donors (Lipinski definition) is 1. The number of nitrogens with one attached hydrogen (secondary N) is 1. The number of aromatic nitrogens is 2. The minimum absolute atomic E-state index is 0.0538. The van der Waals surface area contributed by atoms with Crippen LogP contribution < -0.4 is 5.56 Å². The molecule has 3 heterocycles. The van der Waals surface area contributed by atoms with Crippen molar-refractivity contribution < 1.29 is 4.74 Å². The molecule has 0 spiro atoms. The van der Waals surface area contributed by atoms with E-state index in [2.05, 4.69) is 16.0 Å². The van der Waals surface area contributed by atoms with Crippen molar-refractivity contribution in [1.29, 1.82) is 0 Å². The molecule has 1 N–H and O–H groups in total. The number of aryl methyl sites for hydroxylation is 1. The maximum Gasteiger partial charge on any atom is 0.265 e. The Bertz CT molecular complexity index is 820. The SMILES string of the molecule is COCc1c[nH]c(=O)c2sc(-c3ccnc(C)c3)cc12. The summed E-state index contributed by atoms with van der Waals surface area (Å²) in [6.07, 6.45) is 3.51. The average Bonchev–Trinajstić information content (AvgIpc) is 2.88. The van der Waals surface area contributed by atoms with Gasteiger partial charge in [-0.3, -0.25) is 9.78 Å². The molecule has 20 heavy (non-hydrogen) atoms. The number of pyridine rings is 2. The van der Waals surface area contributed by atoms with Gasteiger partial charge in [0.05, 0.1) is 6.61 Å². The second kappa shape index (κ2) is 5.19. The van der Waals surface area contributed by atoms with Crippen LogP contribution in [0.3, 0.4) is 0 Å². The van der Waals surface area contributed by atoms with Gasteiger partial charge in [0.1, 0.15) is 4.70 Å². The molecule has 0 amide bonds. The van der Waals surface area contributed by atoms with Gasteiger partial charge in [-0.1, -0.05) is 0 Å². The first-order valence-corrected chi connectivity index (χ1v) is 7.07. The Labute approximate surface area is 120 Å². The fourth-order valence-corrected chi connectivity index (χ4v) is 3.30. The first-order chi connectivity index (χ1) is 9.69. The van der Waals surface area contributed by atoms with Crippen molar-refractivity contribution >= 4 is 21.4 Å². The minimum Gasteiger partial charge on any atom is -0.380 e. The molecule has 3 aromatic rings. The van der Waals surface area contributed by atoms with Crippen LogP contribution in [0.5, 0.6) is 0 Å². The highest BCUT2D eigenvalue weighted by Crippen LogP contribution is 2.33. The van der Waals surface area contributed by atoms with Crippen molar-refractivity contribution in [2.75, 3.05) is 7.11 Å². The molecule has 0 saturated carbocycles. The van der Waals surface area contributed by atoms with E-state index in [9.17, 15) is 4.79 Å². The van der Waals surface area contributed by atoms with Crippen LogP contribution in [0.25, 0.3) is 20.5 Å². The zero-order chi connectivity index (χ0) is 14.1. The number of aromatic amines is 1. The van der Waals surface area contributed by atoms with Gasteiger partial charge >= 0.3 is 0 Å². The van der Waals surface area contributed by atoms with Gasteiger partial charge in [-0.05, 0) is 30.7 Å². The molecular formula is C15H14N2O2S. The quantitative estimate of drug-likeness (QED) is 0.805. The molecule has 0 fully saturated rings. The van der Waals surface area contributed by atoms with Gasteiger partial charge in [-0.25, -0.2) is 0 Å². The van der Waals surface area contributed by atoms with Crippen LogP contribution in [0.2, 0.25) is 0 Å². The summed E-state index contributed by atoms with van der Waals surface area (Å²) < 4.78 is 5.92. The molecule has 3 aromatic heterocycles. The van der Waals surface area contributed by atoms with Crippen molar-refractivity contribution in [3.8, 4) is 10.4 Å². The van der Waals surface area contributed by atoms with E-state index in [1.165, 1.54) is 11.3 Å². The highest BCUT2D eigenvalue weighted by atomic mass is 32.1. The lowest BCUT2D eigenvalue weighted by Crippen LogP contribution is -2.05. The van der Waals surface area contributed by atoms with Crippen molar-refractivity contribution in [2.24, 2.45) is 0 Å². The monoisotopic (exact) mass is 286 g/mol. The largest absolute Gasteiger partial charge is 0.380 e. The lowest BCUT2D eigenvalue weighted by molar-refractivity contribution is 0.185. The third-order valence-electron chi connectivity index (χ3n) is 3.14. The first-order valence-electron chi connectivity index (χ1n) is 6.25. The summed E-state index contributed by atoms with van der Waals surface area (Å²) >= 11 is 1.50. The van der Waals surface area contributed by atoms with Crippen molar-refractivity contribution in [2.45, 2.75) is 13.5 Å². The molecule has 0 atom stereocenters. The van der Waals surface area contributed by atoms with Crippen molar-refractivity contribution in [3.05, 3.63) is 52.2 Å². The summed E-state index contributed by atoms with van der Waals surface area (Å²) in [7, 11) is 1.65. The van der Waals surface area contributed by atoms with Gasteiger partial charge in [-0.2, -0.15) is 0 Å². The molecule has 0 saturated heterocycles. The smallest absolute Gasteiger partial charge is 0.265 e. The summed E-state index contributed by atoms with van der Waals surface area (Å²) in [6.45, 7) is 2.44. The van der Waals surface area contributed by atoms with E-state index >= 15 is 0 Å². The van der Waals surface area contributed by atoms with Crippen LogP contribution in [0.15, 0.2) is 35.4 Å². The molecule has 102 valence electrons. The van der Waals surface area contributed by atoms with E-state index in [0.717, 1.165) is 31.8 Å². The van der Waals surface area contributed by atoms with Gasteiger partial charge < -0.3 is 9.72 Å². The molecule has 4 nitrogen and oxygen atoms in total. The first kappa shape index (κ1) is 13.0. The maximum atomic E-state index is 11.9. The Morgan fingerprint density at radius 3 is 3.00 bits per heavy atom. The number of fused-ring (bicyclic) bond motifs is 1. The van der Waals surface area contributed by atoms with E-state index < -0.39 is 0 Å². The average molecular weight is 286 g/mol. The number of hydrogen-bond acceptors (Lipinski definition) is 4. The number of methoxy groups -OCH3 is 1. The molecule has 0 unspecified atom stereocenters. The molecule has 3 rings (SSSR count). The zero-order valence-electron chi connectivity index (χ0n) is 11.3. The Balaban J connectivity index is 2.22. The number of rotatable bonds is 3. The van der Waals surface area contributed by atoms with Crippen LogP contribution in [0.1, 0.15) is 11.3 Å². The van der Waals surface area contributed by atoms with Gasteiger partial charge in [0.25, 0.3) is 5.56 Å². The molecular weight excluding hydrogens is 272 g/mol. The van der Waals surface area contributed by atoms with E-state index in [0.29, 0.717) is 6.61 Å². The Hall–Kier alpha value is -1.98. The third kappa shape index (κ3) is 2.26. The van der Waals surface area contributed by atoms with Crippen molar-refractivity contribution in [3.63, 3.8) is 0 Å². The number of H-pyrrole nitrogens is 1. The zero-order valence-corrected chi connectivity index (χ0v) is 12.1. The molecule has 5 heteroatoms. The topological polar surface area (TPSA) is 55.0 Å². The molecule has 0 aliphatic heterocycles. The summed E-state index contributed by atoms with van der Waals surface area (Å²) in [5.41, 5.74) is 2.99. The third-order valence-corrected chi connectivity index (χ3v) is 4.33. The number of thiophene rings is 1. The Kier molecular flexibility index (Phi) is 3.38. The number of nitrogens with zero attached hydrogens (tertiary/aromatic N) is 1. The lowest BCUT2D eigenvalue weighted by Gasteiger charge is -2.00. The van der Waals surface area contributed by atoms with E-state index in [-0.39, 0.29) is 5.56 Å². The van der Waals surface area contributed by atoms with Crippen LogP contribution in [0, 0.1) is 6.92 Å². The fraction of sp³-hybridized carbons (Fsp3) is 0.200. The Morgan fingerprint density at radius 2 is 2.25 bits per heavy atom. The van der Waals surface area contributed by atoms with E-state index in [4.69, 9.17) is 4.74 Å². The highest BCUT2D eigenvalue weighted by molar-refractivity contribution is 7.22. The normalized spacial score (nSPS) is 11.1. The van der Waals surface area contributed by atoms with Gasteiger partial charge in [0.15, 0.2) is 0 Å². The maximum absolute atomic E-state index is 11.9. The van der Waals surface area contributed by atoms with Crippen LogP contribution in [0.4, 0.5) is 0 Å².